The number of halogens is 2. The van der Waals surface area contributed by atoms with Crippen LogP contribution in [-0.2, 0) is 4.79 Å². The number of benzene rings is 1. The van der Waals surface area contributed by atoms with Crippen LogP contribution >= 0.6 is 15.9 Å². The Bertz CT molecular complexity index is 396. The summed E-state index contributed by atoms with van der Waals surface area (Å²) in [5.74, 6) is -1.04. The molecule has 16 heavy (non-hydrogen) atoms. The number of nitrogens with one attached hydrogen (secondary N) is 1. The lowest BCUT2D eigenvalue weighted by atomic mass is 10.0. The van der Waals surface area contributed by atoms with Gasteiger partial charge < -0.3 is 5.73 Å². The fraction of sp³-hybridized carbons (Fsp3) is 0.364. The standard InChI is InChI=1S/C11H14BrFN2O/c1-6(2)15-10(11(14)16)8-5-7(12)3-4-9(8)13/h3-6,10,15H,1-2H3,(H2,14,16). The van der Waals surface area contributed by atoms with E-state index < -0.39 is 17.8 Å². The fourth-order valence-corrected chi connectivity index (χ4v) is 1.77. The van der Waals surface area contributed by atoms with Gasteiger partial charge >= 0.3 is 0 Å². The van der Waals surface area contributed by atoms with E-state index in [4.69, 9.17) is 5.73 Å². The molecule has 1 unspecified atom stereocenters. The molecule has 88 valence electrons. The third-order valence-corrected chi connectivity index (χ3v) is 2.55. The molecule has 1 amide bonds. The van der Waals surface area contributed by atoms with Crippen LogP contribution in [0.25, 0.3) is 0 Å². The molecule has 0 aliphatic rings. The minimum atomic E-state index is -0.808. The van der Waals surface area contributed by atoms with E-state index in [1.54, 1.807) is 12.1 Å². The SMILES string of the molecule is CC(C)NC(C(N)=O)c1cc(Br)ccc1F. The lowest BCUT2D eigenvalue weighted by Crippen LogP contribution is -2.38. The number of hydrogen-bond donors (Lipinski definition) is 2. The maximum absolute atomic E-state index is 13.6. The molecule has 3 N–H and O–H groups in total. The molecule has 1 rings (SSSR count). The summed E-state index contributed by atoms with van der Waals surface area (Å²) >= 11 is 3.23. The van der Waals surface area contributed by atoms with Crippen molar-refractivity contribution >= 4 is 21.8 Å². The van der Waals surface area contributed by atoms with Gasteiger partial charge in [-0.05, 0) is 32.0 Å². The Kier molecular flexibility index (Phi) is 4.44. The number of hydrogen-bond acceptors (Lipinski definition) is 2. The Balaban J connectivity index is 3.10. The monoisotopic (exact) mass is 288 g/mol. The van der Waals surface area contributed by atoms with Crippen molar-refractivity contribution in [2.24, 2.45) is 5.73 Å². The van der Waals surface area contributed by atoms with Gasteiger partial charge in [0, 0.05) is 16.1 Å². The largest absolute Gasteiger partial charge is 0.368 e. The van der Waals surface area contributed by atoms with Gasteiger partial charge in [-0.2, -0.15) is 0 Å². The van der Waals surface area contributed by atoms with Gasteiger partial charge in [-0.25, -0.2) is 4.39 Å². The zero-order valence-corrected chi connectivity index (χ0v) is 10.7. The molecule has 0 aliphatic carbocycles. The smallest absolute Gasteiger partial charge is 0.239 e. The maximum Gasteiger partial charge on any atom is 0.239 e. The molecule has 0 saturated heterocycles. The van der Waals surface area contributed by atoms with E-state index in [1.807, 2.05) is 13.8 Å². The first kappa shape index (κ1) is 13.1. The molecule has 1 atom stereocenters. The van der Waals surface area contributed by atoms with Gasteiger partial charge in [-0.3, -0.25) is 10.1 Å². The van der Waals surface area contributed by atoms with Crippen molar-refractivity contribution in [3.8, 4) is 0 Å². The number of primary amides is 1. The van der Waals surface area contributed by atoms with Crippen molar-refractivity contribution in [2.45, 2.75) is 25.9 Å². The first-order valence-electron chi connectivity index (χ1n) is 4.92. The third kappa shape index (κ3) is 3.28. The number of carbonyl (C=O) groups excluding carboxylic acids is 1. The molecule has 1 aromatic rings. The molecule has 0 radical (unpaired) electrons. The van der Waals surface area contributed by atoms with Crippen LogP contribution in [0, 0.1) is 5.82 Å². The predicted molar refractivity (Wildman–Crippen MR) is 64.3 cm³/mol. The number of amides is 1. The lowest BCUT2D eigenvalue weighted by molar-refractivity contribution is -0.120. The van der Waals surface area contributed by atoms with E-state index in [-0.39, 0.29) is 11.6 Å². The molecule has 0 aromatic heterocycles. The average Bonchev–Trinajstić information content (AvgIpc) is 2.18. The van der Waals surface area contributed by atoms with Crippen LogP contribution in [0.5, 0.6) is 0 Å². The van der Waals surface area contributed by atoms with E-state index in [9.17, 15) is 9.18 Å². The number of rotatable bonds is 4. The van der Waals surface area contributed by atoms with Gasteiger partial charge in [-0.1, -0.05) is 15.9 Å². The predicted octanol–water partition coefficient (Wildman–Crippen LogP) is 2.11. The second kappa shape index (κ2) is 5.41. The molecular formula is C11H14BrFN2O. The summed E-state index contributed by atoms with van der Waals surface area (Å²) in [6.07, 6.45) is 0. The second-order valence-electron chi connectivity index (χ2n) is 3.82. The Labute approximate surface area is 102 Å². The van der Waals surface area contributed by atoms with Crippen LogP contribution in [0.4, 0.5) is 4.39 Å². The Morgan fingerprint density at radius 3 is 2.62 bits per heavy atom. The topological polar surface area (TPSA) is 55.1 Å². The second-order valence-corrected chi connectivity index (χ2v) is 4.74. The third-order valence-electron chi connectivity index (χ3n) is 2.05. The van der Waals surface area contributed by atoms with Crippen molar-refractivity contribution in [2.75, 3.05) is 0 Å². The summed E-state index contributed by atoms with van der Waals surface area (Å²) in [7, 11) is 0. The van der Waals surface area contributed by atoms with Crippen LogP contribution in [0.1, 0.15) is 25.5 Å². The summed E-state index contributed by atoms with van der Waals surface area (Å²) in [5.41, 5.74) is 5.51. The molecule has 3 nitrogen and oxygen atoms in total. The molecule has 0 heterocycles. The molecule has 0 bridgehead atoms. The normalized spacial score (nSPS) is 12.8. The minimum absolute atomic E-state index is 0.0379. The van der Waals surface area contributed by atoms with Gasteiger partial charge in [0.1, 0.15) is 11.9 Å². The summed E-state index contributed by atoms with van der Waals surface area (Å²) in [5, 5.41) is 2.93. The van der Waals surface area contributed by atoms with Gasteiger partial charge in [0.15, 0.2) is 0 Å². The van der Waals surface area contributed by atoms with E-state index >= 15 is 0 Å². The van der Waals surface area contributed by atoms with Crippen LogP contribution in [-0.4, -0.2) is 11.9 Å². The van der Waals surface area contributed by atoms with Gasteiger partial charge in [0.05, 0.1) is 0 Å². The molecule has 0 spiro atoms. The highest BCUT2D eigenvalue weighted by atomic mass is 79.9. The van der Waals surface area contributed by atoms with E-state index in [1.165, 1.54) is 6.07 Å². The molecule has 1 aromatic carbocycles. The Morgan fingerprint density at radius 1 is 1.50 bits per heavy atom. The first-order chi connectivity index (χ1) is 7.41. The summed E-state index contributed by atoms with van der Waals surface area (Å²) in [4.78, 5) is 11.3. The van der Waals surface area contributed by atoms with Gasteiger partial charge in [0.25, 0.3) is 0 Å². The molecule has 0 aliphatic heterocycles. The van der Waals surface area contributed by atoms with Crippen LogP contribution in [0.15, 0.2) is 22.7 Å². The van der Waals surface area contributed by atoms with E-state index in [2.05, 4.69) is 21.2 Å². The van der Waals surface area contributed by atoms with Crippen molar-refractivity contribution in [1.82, 2.24) is 5.32 Å². The van der Waals surface area contributed by atoms with Crippen LogP contribution in [0.3, 0.4) is 0 Å². The number of nitrogens with two attached hydrogens (primary N) is 1. The van der Waals surface area contributed by atoms with Gasteiger partial charge in [0.2, 0.25) is 5.91 Å². The number of carbonyl (C=O) groups is 1. The van der Waals surface area contributed by atoms with Crippen molar-refractivity contribution in [1.29, 1.82) is 0 Å². The molecule has 0 fully saturated rings. The fourth-order valence-electron chi connectivity index (χ4n) is 1.39. The van der Waals surface area contributed by atoms with Gasteiger partial charge in [-0.15, -0.1) is 0 Å². The Hall–Kier alpha value is -0.940. The summed E-state index contributed by atoms with van der Waals surface area (Å²) in [6, 6.07) is 3.66. The Morgan fingerprint density at radius 2 is 2.12 bits per heavy atom. The van der Waals surface area contributed by atoms with Crippen molar-refractivity contribution in [3.05, 3.63) is 34.1 Å². The van der Waals surface area contributed by atoms with E-state index in [0.717, 1.165) is 0 Å². The minimum Gasteiger partial charge on any atom is -0.368 e. The average molecular weight is 289 g/mol. The first-order valence-corrected chi connectivity index (χ1v) is 5.71. The summed E-state index contributed by atoms with van der Waals surface area (Å²) < 4.78 is 14.3. The highest BCUT2D eigenvalue weighted by Gasteiger charge is 2.21. The maximum atomic E-state index is 13.6. The highest BCUT2D eigenvalue weighted by molar-refractivity contribution is 9.10. The summed E-state index contributed by atoms with van der Waals surface area (Å²) in [6.45, 7) is 3.73. The quantitative estimate of drug-likeness (QED) is 0.892. The molecular weight excluding hydrogens is 275 g/mol. The van der Waals surface area contributed by atoms with Crippen molar-refractivity contribution in [3.63, 3.8) is 0 Å². The van der Waals surface area contributed by atoms with Crippen LogP contribution < -0.4 is 11.1 Å². The molecule has 5 heteroatoms. The molecule has 0 saturated carbocycles. The van der Waals surface area contributed by atoms with Crippen LogP contribution in [0.2, 0.25) is 0 Å². The van der Waals surface area contributed by atoms with Crippen molar-refractivity contribution < 1.29 is 9.18 Å². The van der Waals surface area contributed by atoms with E-state index in [0.29, 0.717) is 4.47 Å². The lowest BCUT2D eigenvalue weighted by Gasteiger charge is -2.19. The zero-order chi connectivity index (χ0) is 12.3. The highest BCUT2D eigenvalue weighted by Crippen LogP contribution is 2.22. The zero-order valence-electron chi connectivity index (χ0n) is 9.13.